The van der Waals surface area contributed by atoms with E-state index >= 15 is 0 Å². The average Bonchev–Trinajstić information content (AvgIpc) is 2.42. The van der Waals surface area contributed by atoms with Crippen molar-refractivity contribution < 1.29 is 14.4 Å². The molecule has 1 aliphatic rings. The van der Waals surface area contributed by atoms with Crippen molar-refractivity contribution in [3.8, 4) is 5.75 Å². The molecule has 1 aromatic carbocycles. The summed E-state index contributed by atoms with van der Waals surface area (Å²) in [5.74, 6) is 0.355. The van der Waals surface area contributed by atoms with Crippen molar-refractivity contribution in [2.24, 2.45) is 0 Å². The maximum Gasteiger partial charge on any atom is 0.310 e. The van der Waals surface area contributed by atoms with Crippen LogP contribution in [-0.4, -0.2) is 48.3 Å². The third-order valence-corrected chi connectivity index (χ3v) is 3.68. The molecule has 1 saturated heterocycles. The number of nitrogens with zero attached hydrogens (tertiary/aromatic N) is 2. The van der Waals surface area contributed by atoms with Crippen molar-refractivity contribution >= 4 is 18.1 Å². The molecule has 0 N–H and O–H groups in total. The lowest BCUT2D eigenvalue weighted by Gasteiger charge is -2.35. The molecule has 0 spiro atoms. The van der Waals surface area contributed by atoms with Crippen molar-refractivity contribution in [1.82, 2.24) is 4.90 Å². The molecular weight excluding hydrogens is 320 g/mol. The van der Waals surface area contributed by atoms with E-state index < -0.39 is 4.92 Å². The van der Waals surface area contributed by atoms with E-state index in [1.165, 1.54) is 6.07 Å². The summed E-state index contributed by atoms with van der Waals surface area (Å²) < 4.78 is 11.3. The van der Waals surface area contributed by atoms with E-state index in [2.05, 4.69) is 18.7 Å². The minimum atomic E-state index is -0.403. The van der Waals surface area contributed by atoms with E-state index in [1.54, 1.807) is 12.1 Å². The van der Waals surface area contributed by atoms with E-state index in [0.717, 1.165) is 31.6 Å². The fourth-order valence-electron chi connectivity index (χ4n) is 2.83. The molecule has 23 heavy (non-hydrogen) atoms. The topological polar surface area (TPSA) is 64.8 Å². The molecule has 1 heterocycles. The van der Waals surface area contributed by atoms with Crippen LogP contribution < -0.4 is 4.74 Å². The lowest BCUT2D eigenvalue weighted by molar-refractivity contribution is -0.385. The summed E-state index contributed by atoms with van der Waals surface area (Å²) in [6, 6.07) is 4.94. The molecule has 0 aromatic heterocycles. The van der Waals surface area contributed by atoms with Gasteiger partial charge in [-0.15, -0.1) is 12.4 Å². The predicted molar refractivity (Wildman–Crippen MR) is 91.6 cm³/mol. The smallest absolute Gasteiger partial charge is 0.310 e. The second kappa shape index (κ2) is 9.05. The molecule has 2 unspecified atom stereocenters. The minimum Gasteiger partial charge on any atom is -0.487 e. The molecular formula is C16H25ClN2O4. The Morgan fingerprint density at radius 2 is 2.00 bits per heavy atom. The van der Waals surface area contributed by atoms with Crippen LogP contribution >= 0.6 is 12.4 Å². The Hall–Kier alpha value is -1.37. The number of aryl methyl sites for hydroxylation is 1. The molecule has 0 bridgehead atoms. The van der Waals surface area contributed by atoms with Gasteiger partial charge in [0.15, 0.2) is 5.75 Å². The van der Waals surface area contributed by atoms with Gasteiger partial charge in [0.05, 0.1) is 23.7 Å². The minimum absolute atomic E-state index is 0. The Balaban J connectivity index is 0.00000264. The monoisotopic (exact) mass is 344 g/mol. The van der Waals surface area contributed by atoms with Gasteiger partial charge in [0.2, 0.25) is 0 Å². The van der Waals surface area contributed by atoms with Crippen molar-refractivity contribution in [2.45, 2.75) is 39.4 Å². The first-order chi connectivity index (χ1) is 10.5. The molecule has 1 aromatic rings. The zero-order valence-electron chi connectivity index (χ0n) is 13.9. The largest absolute Gasteiger partial charge is 0.487 e. The Kier molecular flexibility index (Phi) is 7.75. The number of ether oxygens (including phenoxy) is 2. The molecule has 130 valence electrons. The number of halogens is 1. The fraction of sp³-hybridized carbons (Fsp3) is 0.625. The highest BCUT2D eigenvalue weighted by atomic mass is 35.5. The summed E-state index contributed by atoms with van der Waals surface area (Å²) in [6.07, 6.45) is 1.34. The Morgan fingerprint density at radius 3 is 2.61 bits per heavy atom. The quantitative estimate of drug-likeness (QED) is 0.450. The Labute approximate surface area is 143 Å². The molecule has 6 nitrogen and oxygen atoms in total. The van der Waals surface area contributed by atoms with Gasteiger partial charge in [-0.2, -0.15) is 0 Å². The highest BCUT2D eigenvalue weighted by Gasteiger charge is 2.21. The van der Waals surface area contributed by atoms with Gasteiger partial charge in [0, 0.05) is 25.7 Å². The number of hydrogen-bond acceptors (Lipinski definition) is 5. The van der Waals surface area contributed by atoms with E-state index in [4.69, 9.17) is 9.47 Å². The summed E-state index contributed by atoms with van der Waals surface area (Å²) in [5.41, 5.74) is 0.982. The van der Waals surface area contributed by atoms with Gasteiger partial charge in [-0.3, -0.25) is 15.0 Å². The predicted octanol–water partition coefficient (Wildman–Crippen LogP) is 3.20. The van der Waals surface area contributed by atoms with Crippen LogP contribution in [0.15, 0.2) is 18.2 Å². The van der Waals surface area contributed by atoms with Crippen LogP contribution in [0.3, 0.4) is 0 Å². The van der Waals surface area contributed by atoms with Crippen LogP contribution in [0.1, 0.15) is 25.8 Å². The summed E-state index contributed by atoms with van der Waals surface area (Å²) >= 11 is 0. The lowest BCUT2D eigenvalue weighted by atomic mass is 10.2. The van der Waals surface area contributed by atoms with Gasteiger partial charge in [0.25, 0.3) is 0 Å². The van der Waals surface area contributed by atoms with Crippen molar-refractivity contribution in [2.75, 3.05) is 26.2 Å². The second-order valence-electron chi connectivity index (χ2n) is 5.95. The highest BCUT2D eigenvalue weighted by molar-refractivity contribution is 5.85. The third kappa shape index (κ3) is 5.97. The van der Waals surface area contributed by atoms with Crippen LogP contribution in [0.2, 0.25) is 0 Å². The molecule has 0 saturated carbocycles. The second-order valence-corrected chi connectivity index (χ2v) is 5.95. The normalized spacial score (nSPS) is 21.5. The SMILES string of the molecule is Cc1ccc([N+](=O)[O-])c(OCCCN2CC(C)OC(C)C2)c1.Cl. The highest BCUT2D eigenvalue weighted by Crippen LogP contribution is 2.27. The zero-order valence-corrected chi connectivity index (χ0v) is 14.7. The number of benzene rings is 1. The van der Waals surface area contributed by atoms with Crippen LogP contribution in [0.25, 0.3) is 0 Å². The fourth-order valence-corrected chi connectivity index (χ4v) is 2.83. The Bertz CT molecular complexity index is 517. The maximum absolute atomic E-state index is 11.0. The van der Waals surface area contributed by atoms with Crippen LogP contribution in [0, 0.1) is 17.0 Å². The summed E-state index contributed by atoms with van der Waals surface area (Å²) in [6.45, 7) is 9.30. The van der Waals surface area contributed by atoms with Gasteiger partial charge >= 0.3 is 5.69 Å². The number of nitro groups is 1. The number of hydrogen-bond donors (Lipinski definition) is 0. The van der Waals surface area contributed by atoms with Crippen LogP contribution in [0.5, 0.6) is 5.75 Å². The third-order valence-electron chi connectivity index (χ3n) is 3.68. The first-order valence-electron chi connectivity index (χ1n) is 7.71. The van der Waals surface area contributed by atoms with Crippen molar-refractivity contribution in [3.05, 3.63) is 33.9 Å². The first kappa shape index (κ1) is 19.7. The molecule has 2 atom stereocenters. The average molecular weight is 345 g/mol. The molecule has 7 heteroatoms. The molecule has 0 aliphatic carbocycles. The van der Waals surface area contributed by atoms with Crippen molar-refractivity contribution in [3.63, 3.8) is 0 Å². The number of rotatable bonds is 6. The van der Waals surface area contributed by atoms with Gasteiger partial charge in [-0.05, 0) is 38.8 Å². The van der Waals surface area contributed by atoms with Crippen LogP contribution in [0.4, 0.5) is 5.69 Å². The molecule has 2 rings (SSSR count). The summed E-state index contributed by atoms with van der Waals surface area (Å²) in [5, 5.41) is 11.0. The van der Waals surface area contributed by atoms with E-state index in [1.807, 2.05) is 6.92 Å². The molecule has 0 radical (unpaired) electrons. The summed E-state index contributed by atoms with van der Waals surface area (Å²) in [7, 11) is 0. The van der Waals surface area contributed by atoms with Crippen molar-refractivity contribution in [1.29, 1.82) is 0 Å². The Morgan fingerprint density at radius 1 is 1.35 bits per heavy atom. The van der Waals surface area contributed by atoms with E-state index in [0.29, 0.717) is 12.4 Å². The number of morpholine rings is 1. The zero-order chi connectivity index (χ0) is 16.1. The van der Waals surface area contributed by atoms with Gasteiger partial charge < -0.3 is 9.47 Å². The standard InChI is InChI=1S/C16H24N2O4.ClH/c1-12-5-6-15(18(19)20)16(9-12)21-8-4-7-17-10-13(2)22-14(3)11-17;/h5-6,9,13-14H,4,7-8,10-11H2,1-3H3;1H. The van der Waals surface area contributed by atoms with E-state index in [9.17, 15) is 10.1 Å². The lowest BCUT2D eigenvalue weighted by Crippen LogP contribution is -2.45. The maximum atomic E-state index is 11.0. The molecule has 0 amide bonds. The van der Waals surface area contributed by atoms with Gasteiger partial charge in [-0.1, -0.05) is 6.07 Å². The van der Waals surface area contributed by atoms with Crippen LogP contribution in [-0.2, 0) is 4.74 Å². The molecule has 1 aliphatic heterocycles. The van der Waals surface area contributed by atoms with Gasteiger partial charge in [0.1, 0.15) is 0 Å². The number of nitro benzene ring substituents is 1. The summed E-state index contributed by atoms with van der Waals surface area (Å²) in [4.78, 5) is 12.9. The molecule has 1 fully saturated rings. The first-order valence-corrected chi connectivity index (χ1v) is 7.71. The van der Waals surface area contributed by atoms with Gasteiger partial charge in [-0.25, -0.2) is 0 Å². The van der Waals surface area contributed by atoms with E-state index in [-0.39, 0.29) is 30.3 Å².